The standard InChI is InChI=1S/C31H23NO3/c1-2-9-27-25(6-1)26-17-19(11-12-28(26)35-27)23-7-3-5-20-15-22-16-21(18-32(22)30(20)23)24-8-4-10-29-31(24)34-14-13-33-29/h1-12,15,17,21H,13-14,16,18H2. The third kappa shape index (κ3) is 2.80. The summed E-state index contributed by atoms with van der Waals surface area (Å²) in [5, 5.41) is 3.62. The number of benzene rings is 4. The first kappa shape index (κ1) is 19.2. The molecule has 0 saturated heterocycles. The molecule has 4 heterocycles. The van der Waals surface area contributed by atoms with Gasteiger partial charge in [0, 0.05) is 45.4 Å². The summed E-state index contributed by atoms with van der Waals surface area (Å²) < 4.78 is 20.5. The van der Waals surface area contributed by atoms with E-state index in [0.717, 1.165) is 46.4 Å². The number of nitrogens with zero attached hydrogens (tertiary/aromatic N) is 1. The largest absolute Gasteiger partial charge is 0.486 e. The van der Waals surface area contributed by atoms with Gasteiger partial charge in [-0.15, -0.1) is 0 Å². The molecular formula is C31H23NO3. The van der Waals surface area contributed by atoms with E-state index in [1.165, 1.54) is 33.3 Å². The summed E-state index contributed by atoms with van der Waals surface area (Å²) >= 11 is 0. The fraction of sp³-hybridized carbons (Fsp3) is 0.161. The summed E-state index contributed by atoms with van der Waals surface area (Å²) in [6.07, 6.45) is 0.999. The van der Waals surface area contributed by atoms with Gasteiger partial charge in [0.25, 0.3) is 0 Å². The Morgan fingerprint density at radius 1 is 0.743 bits per heavy atom. The molecule has 0 saturated carbocycles. The Morgan fingerprint density at radius 2 is 1.63 bits per heavy atom. The minimum absolute atomic E-state index is 0.374. The summed E-state index contributed by atoms with van der Waals surface area (Å²) in [6.45, 7) is 2.17. The molecule has 0 amide bonds. The second-order valence-corrected chi connectivity index (χ2v) is 9.57. The molecule has 6 aromatic rings. The van der Waals surface area contributed by atoms with E-state index in [2.05, 4.69) is 71.3 Å². The van der Waals surface area contributed by atoms with E-state index in [4.69, 9.17) is 13.9 Å². The normalized spacial score (nSPS) is 16.9. The highest BCUT2D eigenvalue weighted by Gasteiger charge is 2.30. The monoisotopic (exact) mass is 457 g/mol. The van der Waals surface area contributed by atoms with Crippen LogP contribution in [0, 0.1) is 0 Å². The Morgan fingerprint density at radius 3 is 2.63 bits per heavy atom. The highest BCUT2D eigenvalue weighted by atomic mass is 16.6. The Kier molecular flexibility index (Phi) is 3.92. The van der Waals surface area contributed by atoms with E-state index in [0.29, 0.717) is 19.1 Å². The molecule has 0 aliphatic carbocycles. The van der Waals surface area contributed by atoms with Gasteiger partial charge in [0.2, 0.25) is 0 Å². The van der Waals surface area contributed by atoms with Gasteiger partial charge in [0.15, 0.2) is 11.5 Å². The molecule has 2 aromatic heterocycles. The molecule has 0 radical (unpaired) electrons. The molecule has 35 heavy (non-hydrogen) atoms. The SMILES string of the molecule is c1cc2c(c(C3Cc4cc5cccc(-c6ccc7oc8ccccc8c7c6)c5n4C3)c1)OCCO2. The summed E-state index contributed by atoms with van der Waals surface area (Å²) in [4.78, 5) is 0. The first-order chi connectivity index (χ1) is 17.3. The molecule has 2 aliphatic heterocycles. The number of fused-ring (bicyclic) bond motifs is 7. The van der Waals surface area contributed by atoms with Crippen molar-refractivity contribution in [2.45, 2.75) is 18.9 Å². The maximum atomic E-state index is 6.07. The molecule has 4 nitrogen and oxygen atoms in total. The lowest BCUT2D eigenvalue weighted by Crippen LogP contribution is -2.17. The van der Waals surface area contributed by atoms with Gasteiger partial charge in [-0.2, -0.15) is 0 Å². The zero-order chi connectivity index (χ0) is 22.9. The molecule has 4 aromatic carbocycles. The summed E-state index contributed by atoms with van der Waals surface area (Å²) in [5.74, 6) is 2.17. The quantitative estimate of drug-likeness (QED) is 0.273. The van der Waals surface area contributed by atoms with Crippen LogP contribution in [0.4, 0.5) is 0 Å². The predicted molar refractivity (Wildman–Crippen MR) is 139 cm³/mol. The Bertz CT molecular complexity index is 1770. The molecule has 4 heteroatoms. The maximum absolute atomic E-state index is 6.07. The third-order valence-electron chi connectivity index (χ3n) is 7.59. The van der Waals surface area contributed by atoms with Crippen LogP contribution in [-0.4, -0.2) is 17.8 Å². The molecule has 0 N–H and O–H groups in total. The van der Waals surface area contributed by atoms with Crippen LogP contribution in [0.5, 0.6) is 11.5 Å². The van der Waals surface area contributed by atoms with E-state index >= 15 is 0 Å². The van der Waals surface area contributed by atoms with Crippen LogP contribution < -0.4 is 9.47 Å². The third-order valence-corrected chi connectivity index (χ3v) is 7.59. The van der Waals surface area contributed by atoms with Gasteiger partial charge in [-0.1, -0.05) is 54.6 Å². The summed E-state index contributed by atoms with van der Waals surface area (Å²) in [6, 6.07) is 30.1. The molecule has 1 unspecified atom stereocenters. The lowest BCUT2D eigenvalue weighted by Gasteiger charge is -2.23. The molecule has 0 spiro atoms. The van der Waals surface area contributed by atoms with Gasteiger partial charge in [0.05, 0.1) is 5.52 Å². The number of furan rings is 1. The first-order valence-electron chi connectivity index (χ1n) is 12.2. The van der Waals surface area contributed by atoms with Crippen LogP contribution in [-0.2, 0) is 13.0 Å². The predicted octanol–water partition coefficient (Wildman–Crippen LogP) is 7.32. The van der Waals surface area contributed by atoms with Gasteiger partial charge in [-0.3, -0.25) is 0 Å². The zero-order valence-electron chi connectivity index (χ0n) is 19.2. The second kappa shape index (κ2) is 7.16. The Hall–Kier alpha value is -4.18. The minimum Gasteiger partial charge on any atom is -0.486 e. The second-order valence-electron chi connectivity index (χ2n) is 9.57. The van der Waals surface area contributed by atoms with Crippen LogP contribution in [0.3, 0.4) is 0 Å². The van der Waals surface area contributed by atoms with Crippen LogP contribution in [0.1, 0.15) is 17.2 Å². The Balaban J connectivity index is 1.26. The van der Waals surface area contributed by atoms with Crippen molar-refractivity contribution in [2.24, 2.45) is 0 Å². The fourth-order valence-corrected chi connectivity index (χ4v) is 6.05. The average molecular weight is 458 g/mol. The van der Waals surface area contributed by atoms with Crippen molar-refractivity contribution < 1.29 is 13.9 Å². The van der Waals surface area contributed by atoms with Crippen molar-refractivity contribution in [3.8, 4) is 22.6 Å². The topological polar surface area (TPSA) is 36.5 Å². The molecule has 2 aliphatic rings. The number of aromatic nitrogens is 1. The van der Waals surface area contributed by atoms with E-state index in [1.807, 2.05) is 18.2 Å². The minimum atomic E-state index is 0.374. The number of hydrogen-bond acceptors (Lipinski definition) is 3. The van der Waals surface area contributed by atoms with E-state index in [1.54, 1.807) is 0 Å². The smallest absolute Gasteiger partial charge is 0.164 e. The van der Waals surface area contributed by atoms with Gasteiger partial charge in [0.1, 0.15) is 24.4 Å². The first-order valence-corrected chi connectivity index (χ1v) is 12.2. The van der Waals surface area contributed by atoms with Crippen molar-refractivity contribution in [1.82, 2.24) is 4.57 Å². The summed E-state index contributed by atoms with van der Waals surface area (Å²) in [5.41, 5.74) is 8.27. The lowest BCUT2D eigenvalue weighted by molar-refractivity contribution is 0.169. The van der Waals surface area contributed by atoms with Gasteiger partial charge >= 0.3 is 0 Å². The molecular weight excluding hydrogens is 434 g/mol. The van der Waals surface area contributed by atoms with Crippen molar-refractivity contribution >= 4 is 32.8 Å². The fourth-order valence-electron chi connectivity index (χ4n) is 6.05. The van der Waals surface area contributed by atoms with Crippen molar-refractivity contribution in [2.75, 3.05) is 13.2 Å². The van der Waals surface area contributed by atoms with Gasteiger partial charge in [-0.05, 0) is 42.3 Å². The van der Waals surface area contributed by atoms with E-state index in [9.17, 15) is 0 Å². The number of rotatable bonds is 2. The van der Waals surface area contributed by atoms with Crippen LogP contribution >= 0.6 is 0 Å². The zero-order valence-corrected chi connectivity index (χ0v) is 19.2. The van der Waals surface area contributed by atoms with Crippen LogP contribution in [0.15, 0.2) is 89.3 Å². The maximum Gasteiger partial charge on any atom is 0.164 e. The number of hydrogen-bond donors (Lipinski definition) is 0. The molecule has 0 bridgehead atoms. The molecule has 8 rings (SSSR count). The molecule has 170 valence electrons. The molecule has 0 fully saturated rings. The van der Waals surface area contributed by atoms with Gasteiger partial charge < -0.3 is 18.5 Å². The number of para-hydroxylation sites is 3. The van der Waals surface area contributed by atoms with Crippen molar-refractivity contribution in [3.05, 3.63) is 96.2 Å². The van der Waals surface area contributed by atoms with E-state index in [-0.39, 0.29) is 0 Å². The average Bonchev–Trinajstić information content (AvgIpc) is 3.58. The van der Waals surface area contributed by atoms with E-state index < -0.39 is 0 Å². The summed E-state index contributed by atoms with van der Waals surface area (Å²) in [7, 11) is 0. The van der Waals surface area contributed by atoms with Crippen LogP contribution in [0.25, 0.3) is 44.0 Å². The highest BCUT2D eigenvalue weighted by Crippen LogP contribution is 2.44. The van der Waals surface area contributed by atoms with Crippen LogP contribution in [0.2, 0.25) is 0 Å². The highest BCUT2D eigenvalue weighted by molar-refractivity contribution is 6.07. The Labute approximate surface area is 202 Å². The van der Waals surface area contributed by atoms with Crippen molar-refractivity contribution in [1.29, 1.82) is 0 Å². The van der Waals surface area contributed by atoms with Gasteiger partial charge in [-0.25, -0.2) is 0 Å². The van der Waals surface area contributed by atoms with Crippen molar-refractivity contribution in [3.63, 3.8) is 0 Å². The lowest BCUT2D eigenvalue weighted by atomic mass is 9.94. The molecule has 1 atom stereocenters. The number of ether oxygens (including phenoxy) is 2.